The Bertz CT molecular complexity index is 443. The summed E-state index contributed by atoms with van der Waals surface area (Å²) in [6, 6.07) is 0.655. The van der Waals surface area contributed by atoms with Crippen LogP contribution in [0.3, 0.4) is 0 Å². The number of amides is 1. The highest BCUT2D eigenvalue weighted by molar-refractivity contribution is 9.10. The molecule has 3 nitrogen and oxygen atoms in total. The number of rotatable bonds is 5. The van der Waals surface area contributed by atoms with Crippen LogP contribution in [0.4, 0.5) is 13.2 Å². The summed E-state index contributed by atoms with van der Waals surface area (Å²) in [6.45, 7) is 3.94. The lowest BCUT2D eigenvalue weighted by molar-refractivity contribution is -0.138. The first kappa shape index (κ1) is 16.1. The Kier molecular flexibility index (Phi) is 5.46. The monoisotopic (exact) mass is 340 g/mol. The van der Waals surface area contributed by atoms with Gasteiger partial charge in [-0.1, -0.05) is 6.92 Å². The number of hydrogen-bond acceptors (Lipinski definition) is 1. The number of hydrogen-bond donors (Lipinski definition) is 1. The Labute approximate surface area is 118 Å². The SMILES string of the molecule is CCCn1cc(Br)cc1C(=O)NC(C)CC(F)(F)F. The van der Waals surface area contributed by atoms with Crippen molar-refractivity contribution in [3.05, 3.63) is 22.4 Å². The molecule has 1 aromatic rings. The molecule has 19 heavy (non-hydrogen) atoms. The van der Waals surface area contributed by atoms with Crippen LogP contribution in [0.1, 0.15) is 37.2 Å². The van der Waals surface area contributed by atoms with Crippen molar-refractivity contribution >= 4 is 21.8 Å². The van der Waals surface area contributed by atoms with Gasteiger partial charge in [-0.15, -0.1) is 0 Å². The topological polar surface area (TPSA) is 34.0 Å². The van der Waals surface area contributed by atoms with E-state index >= 15 is 0 Å². The van der Waals surface area contributed by atoms with Gasteiger partial charge in [0, 0.05) is 23.3 Å². The molecule has 0 saturated carbocycles. The zero-order valence-corrected chi connectivity index (χ0v) is 12.3. The summed E-state index contributed by atoms with van der Waals surface area (Å²) in [5.41, 5.74) is 0.364. The molecule has 0 saturated heterocycles. The predicted octanol–water partition coefficient (Wildman–Crippen LogP) is 3.73. The number of aryl methyl sites for hydroxylation is 1. The maximum atomic E-state index is 12.2. The predicted molar refractivity (Wildman–Crippen MR) is 70.0 cm³/mol. The molecule has 1 heterocycles. The first-order valence-electron chi connectivity index (χ1n) is 5.96. The second-order valence-corrected chi connectivity index (χ2v) is 5.35. The molecule has 0 radical (unpaired) electrons. The van der Waals surface area contributed by atoms with Crippen LogP contribution in [-0.4, -0.2) is 22.7 Å². The van der Waals surface area contributed by atoms with Crippen LogP contribution in [0.2, 0.25) is 0 Å². The third-order valence-electron chi connectivity index (χ3n) is 2.48. The van der Waals surface area contributed by atoms with Crippen LogP contribution < -0.4 is 5.32 Å². The number of carbonyl (C=O) groups excluding carboxylic acids is 1. The minimum atomic E-state index is -4.28. The maximum Gasteiger partial charge on any atom is 0.391 e. The fourth-order valence-electron chi connectivity index (χ4n) is 1.79. The van der Waals surface area contributed by atoms with Crippen LogP contribution in [-0.2, 0) is 6.54 Å². The van der Waals surface area contributed by atoms with Crippen LogP contribution in [0.25, 0.3) is 0 Å². The van der Waals surface area contributed by atoms with Crippen LogP contribution in [0, 0.1) is 0 Å². The third-order valence-corrected chi connectivity index (χ3v) is 2.91. The number of aromatic nitrogens is 1. The number of halogens is 4. The Morgan fingerprint density at radius 2 is 2.16 bits per heavy atom. The number of nitrogens with zero attached hydrogens (tertiary/aromatic N) is 1. The van der Waals surface area contributed by atoms with E-state index < -0.39 is 24.5 Å². The fourth-order valence-corrected chi connectivity index (χ4v) is 2.25. The number of nitrogens with one attached hydrogen (secondary N) is 1. The molecule has 0 spiro atoms. The van der Waals surface area contributed by atoms with E-state index in [9.17, 15) is 18.0 Å². The second kappa shape index (κ2) is 6.45. The highest BCUT2D eigenvalue weighted by atomic mass is 79.9. The largest absolute Gasteiger partial charge is 0.391 e. The molecule has 0 aliphatic heterocycles. The Hall–Kier alpha value is -0.980. The molecular formula is C12H16BrF3N2O. The van der Waals surface area contributed by atoms with Crippen LogP contribution in [0.15, 0.2) is 16.7 Å². The summed E-state index contributed by atoms with van der Waals surface area (Å²) in [4.78, 5) is 11.9. The van der Waals surface area contributed by atoms with E-state index in [1.165, 1.54) is 6.92 Å². The van der Waals surface area contributed by atoms with Gasteiger partial charge in [-0.25, -0.2) is 0 Å². The van der Waals surface area contributed by atoms with E-state index in [2.05, 4.69) is 21.2 Å². The van der Waals surface area contributed by atoms with Crippen molar-refractivity contribution in [3.63, 3.8) is 0 Å². The standard InChI is InChI=1S/C12H16BrF3N2O/c1-3-4-18-7-9(13)5-10(18)11(19)17-8(2)6-12(14,15)16/h5,7-8H,3-4,6H2,1-2H3,(H,17,19). The third kappa shape index (κ3) is 5.26. The number of carbonyl (C=O) groups is 1. The summed E-state index contributed by atoms with van der Waals surface area (Å²) in [5, 5.41) is 2.36. The Morgan fingerprint density at radius 3 is 2.68 bits per heavy atom. The molecule has 7 heteroatoms. The van der Waals surface area contributed by atoms with E-state index in [0.29, 0.717) is 12.2 Å². The van der Waals surface area contributed by atoms with E-state index in [-0.39, 0.29) is 0 Å². The molecule has 0 fully saturated rings. The molecule has 1 rings (SSSR count). The molecule has 1 atom stereocenters. The fraction of sp³-hybridized carbons (Fsp3) is 0.583. The first-order valence-corrected chi connectivity index (χ1v) is 6.75. The van der Waals surface area contributed by atoms with E-state index in [0.717, 1.165) is 10.9 Å². The van der Waals surface area contributed by atoms with E-state index in [1.54, 1.807) is 16.8 Å². The van der Waals surface area contributed by atoms with Gasteiger partial charge in [0.15, 0.2) is 0 Å². The highest BCUT2D eigenvalue weighted by Crippen LogP contribution is 2.22. The van der Waals surface area contributed by atoms with Crippen molar-refractivity contribution in [3.8, 4) is 0 Å². The molecule has 0 aliphatic rings. The summed E-state index contributed by atoms with van der Waals surface area (Å²) in [6.07, 6.45) is -2.74. The maximum absolute atomic E-state index is 12.2. The molecule has 1 N–H and O–H groups in total. The summed E-state index contributed by atoms with van der Waals surface area (Å²) in [5.74, 6) is -0.490. The van der Waals surface area contributed by atoms with E-state index in [1.807, 2.05) is 6.92 Å². The van der Waals surface area contributed by atoms with Gasteiger partial charge in [-0.2, -0.15) is 13.2 Å². The Morgan fingerprint density at radius 1 is 1.53 bits per heavy atom. The molecule has 1 aromatic heterocycles. The van der Waals surface area contributed by atoms with Gasteiger partial charge < -0.3 is 9.88 Å². The smallest absolute Gasteiger partial charge is 0.348 e. The molecule has 1 unspecified atom stereocenters. The average molecular weight is 341 g/mol. The van der Waals surface area contributed by atoms with Gasteiger partial charge in [0.2, 0.25) is 0 Å². The molecule has 0 aromatic carbocycles. The summed E-state index contributed by atoms with van der Waals surface area (Å²) >= 11 is 3.26. The quantitative estimate of drug-likeness (QED) is 0.870. The van der Waals surface area contributed by atoms with Gasteiger partial charge in [0.05, 0.1) is 6.42 Å². The Balaban J connectivity index is 2.72. The van der Waals surface area contributed by atoms with Gasteiger partial charge in [0.1, 0.15) is 5.69 Å². The van der Waals surface area contributed by atoms with Gasteiger partial charge in [0.25, 0.3) is 5.91 Å². The van der Waals surface area contributed by atoms with Crippen LogP contribution >= 0.6 is 15.9 Å². The van der Waals surface area contributed by atoms with Crippen molar-refractivity contribution in [1.82, 2.24) is 9.88 Å². The summed E-state index contributed by atoms with van der Waals surface area (Å²) in [7, 11) is 0. The normalized spacial score (nSPS) is 13.4. The van der Waals surface area contributed by atoms with Crippen molar-refractivity contribution < 1.29 is 18.0 Å². The van der Waals surface area contributed by atoms with Crippen molar-refractivity contribution in [1.29, 1.82) is 0 Å². The zero-order valence-electron chi connectivity index (χ0n) is 10.7. The lowest BCUT2D eigenvalue weighted by Crippen LogP contribution is -2.36. The van der Waals surface area contributed by atoms with Crippen molar-refractivity contribution in [2.24, 2.45) is 0 Å². The van der Waals surface area contributed by atoms with E-state index in [4.69, 9.17) is 0 Å². The lowest BCUT2D eigenvalue weighted by atomic mass is 10.2. The molecule has 108 valence electrons. The zero-order chi connectivity index (χ0) is 14.6. The molecule has 0 bridgehead atoms. The van der Waals surface area contributed by atoms with Gasteiger partial charge in [-0.3, -0.25) is 4.79 Å². The minimum Gasteiger partial charge on any atom is -0.348 e. The van der Waals surface area contributed by atoms with Crippen molar-refractivity contribution in [2.75, 3.05) is 0 Å². The minimum absolute atomic E-state index is 0.364. The average Bonchev–Trinajstić information content (AvgIpc) is 2.57. The number of alkyl halides is 3. The van der Waals surface area contributed by atoms with Gasteiger partial charge in [-0.05, 0) is 35.3 Å². The lowest BCUT2D eigenvalue weighted by Gasteiger charge is -2.16. The van der Waals surface area contributed by atoms with Crippen LogP contribution in [0.5, 0.6) is 0 Å². The molecule has 1 amide bonds. The molecule has 0 aliphatic carbocycles. The second-order valence-electron chi connectivity index (χ2n) is 4.43. The van der Waals surface area contributed by atoms with Gasteiger partial charge >= 0.3 is 6.18 Å². The highest BCUT2D eigenvalue weighted by Gasteiger charge is 2.31. The summed E-state index contributed by atoms with van der Waals surface area (Å²) < 4.78 is 39.1. The first-order chi connectivity index (χ1) is 8.73. The van der Waals surface area contributed by atoms with Crippen molar-refractivity contribution in [2.45, 2.75) is 45.5 Å². The molecular weight excluding hydrogens is 325 g/mol.